The largest absolute Gasteiger partial charge is 0.423 e. The lowest BCUT2D eigenvalue weighted by Gasteiger charge is -2.25. The third-order valence-electron chi connectivity index (χ3n) is 4.05. The summed E-state index contributed by atoms with van der Waals surface area (Å²) in [7, 11) is 0. The van der Waals surface area contributed by atoms with Gasteiger partial charge < -0.3 is 14.6 Å². The predicted octanol–water partition coefficient (Wildman–Crippen LogP) is 4.70. The summed E-state index contributed by atoms with van der Waals surface area (Å²) in [6, 6.07) is 7.28. The Kier molecular flexibility index (Phi) is 6.79. The van der Waals surface area contributed by atoms with Crippen molar-refractivity contribution in [2.75, 3.05) is 18.4 Å². The van der Waals surface area contributed by atoms with E-state index in [1.807, 2.05) is 25.1 Å². The van der Waals surface area contributed by atoms with Crippen LogP contribution in [0.5, 0.6) is 0 Å². The quantitative estimate of drug-likeness (QED) is 0.581. The number of hydrogen-bond donors (Lipinski definition) is 1. The van der Waals surface area contributed by atoms with Gasteiger partial charge in [0.15, 0.2) is 5.11 Å². The van der Waals surface area contributed by atoms with Gasteiger partial charge in [0.2, 0.25) is 0 Å². The smallest absolute Gasteiger partial charge is 0.336 e. The molecule has 0 spiro atoms. The Labute approximate surface area is 148 Å². The molecular formula is C19H26N2O2S. The molecule has 0 bridgehead atoms. The summed E-state index contributed by atoms with van der Waals surface area (Å²) in [4.78, 5) is 13.8. The molecule has 1 aromatic heterocycles. The van der Waals surface area contributed by atoms with Gasteiger partial charge in [-0.05, 0) is 49.7 Å². The van der Waals surface area contributed by atoms with Crippen LogP contribution in [0.2, 0.25) is 0 Å². The van der Waals surface area contributed by atoms with Gasteiger partial charge in [0.05, 0.1) is 0 Å². The summed E-state index contributed by atoms with van der Waals surface area (Å²) in [5.41, 5.74) is 2.02. The zero-order valence-electron chi connectivity index (χ0n) is 14.7. The number of fused-ring (bicyclic) bond motifs is 1. The van der Waals surface area contributed by atoms with Crippen LogP contribution < -0.4 is 10.9 Å². The van der Waals surface area contributed by atoms with Crippen molar-refractivity contribution in [2.45, 2.75) is 46.5 Å². The highest BCUT2D eigenvalue weighted by molar-refractivity contribution is 7.80. The molecule has 2 aromatic rings. The highest BCUT2D eigenvalue weighted by atomic mass is 32.1. The van der Waals surface area contributed by atoms with Crippen LogP contribution in [0.1, 0.15) is 45.1 Å². The van der Waals surface area contributed by atoms with Crippen LogP contribution in [0.4, 0.5) is 5.69 Å². The minimum Gasteiger partial charge on any atom is -0.423 e. The summed E-state index contributed by atoms with van der Waals surface area (Å²) in [6.45, 7) is 8.20. The maximum absolute atomic E-state index is 11.6. The van der Waals surface area contributed by atoms with Crippen molar-refractivity contribution < 1.29 is 4.42 Å². The number of aryl methyl sites for hydroxylation is 1. The first kappa shape index (κ1) is 18.5. The standard InChI is InChI=1S/C19H26N2O2S/c1-4-6-10-21(11-7-5-2)19(24)20-15-8-9-16-14(3)12-18(22)23-17(16)13-15/h8-9,12-13H,4-7,10-11H2,1-3H3,(H,20,24). The monoisotopic (exact) mass is 346 g/mol. The number of thiocarbonyl (C=S) groups is 1. The fourth-order valence-electron chi connectivity index (χ4n) is 2.62. The molecule has 0 saturated carbocycles. The molecule has 0 aliphatic carbocycles. The average Bonchev–Trinajstić information content (AvgIpc) is 2.54. The maximum Gasteiger partial charge on any atom is 0.336 e. The van der Waals surface area contributed by atoms with Gasteiger partial charge in [0.25, 0.3) is 0 Å². The molecule has 4 nitrogen and oxygen atoms in total. The van der Waals surface area contributed by atoms with Gasteiger partial charge >= 0.3 is 5.63 Å². The third kappa shape index (κ3) is 4.81. The molecule has 2 rings (SSSR count). The van der Waals surface area contributed by atoms with Crippen molar-refractivity contribution in [1.82, 2.24) is 4.90 Å². The average molecular weight is 346 g/mol. The Balaban J connectivity index is 2.17. The second-order valence-corrected chi connectivity index (χ2v) is 6.47. The molecule has 0 atom stereocenters. The van der Waals surface area contributed by atoms with Crippen LogP contribution in [0, 0.1) is 6.92 Å². The topological polar surface area (TPSA) is 45.5 Å². The van der Waals surface area contributed by atoms with Crippen molar-refractivity contribution in [2.24, 2.45) is 0 Å². The van der Waals surface area contributed by atoms with E-state index < -0.39 is 0 Å². The van der Waals surface area contributed by atoms with Crippen LogP contribution in [-0.2, 0) is 0 Å². The first-order valence-corrected chi connectivity index (χ1v) is 9.06. The maximum atomic E-state index is 11.6. The van der Waals surface area contributed by atoms with Crippen molar-refractivity contribution in [3.8, 4) is 0 Å². The summed E-state index contributed by atoms with van der Waals surface area (Å²) in [5, 5.41) is 4.96. The lowest BCUT2D eigenvalue weighted by atomic mass is 10.1. The molecule has 1 heterocycles. The fourth-order valence-corrected chi connectivity index (χ4v) is 2.92. The minimum absolute atomic E-state index is 0.327. The first-order chi connectivity index (χ1) is 11.5. The van der Waals surface area contributed by atoms with E-state index in [2.05, 4.69) is 24.1 Å². The second-order valence-electron chi connectivity index (χ2n) is 6.08. The zero-order chi connectivity index (χ0) is 17.5. The van der Waals surface area contributed by atoms with Crippen LogP contribution in [0.25, 0.3) is 11.0 Å². The van der Waals surface area contributed by atoms with Gasteiger partial charge in [0.1, 0.15) is 5.58 Å². The molecule has 5 heteroatoms. The number of anilines is 1. The highest BCUT2D eigenvalue weighted by Crippen LogP contribution is 2.21. The predicted molar refractivity (Wildman–Crippen MR) is 105 cm³/mol. The Morgan fingerprint density at radius 3 is 2.46 bits per heavy atom. The Morgan fingerprint density at radius 2 is 1.83 bits per heavy atom. The Morgan fingerprint density at radius 1 is 1.17 bits per heavy atom. The van der Waals surface area contributed by atoms with Gasteiger partial charge in [-0.25, -0.2) is 4.79 Å². The molecule has 0 fully saturated rings. The van der Waals surface area contributed by atoms with Gasteiger partial charge in [-0.1, -0.05) is 26.7 Å². The van der Waals surface area contributed by atoms with Crippen molar-refractivity contribution in [1.29, 1.82) is 0 Å². The molecule has 0 aliphatic heterocycles. The number of hydrogen-bond acceptors (Lipinski definition) is 3. The van der Waals surface area contributed by atoms with Crippen LogP contribution in [0.3, 0.4) is 0 Å². The number of rotatable bonds is 7. The Hall–Kier alpha value is -1.88. The zero-order valence-corrected chi connectivity index (χ0v) is 15.5. The molecule has 1 N–H and O–H groups in total. The van der Waals surface area contributed by atoms with Crippen LogP contribution in [-0.4, -0.2) is 23.1 Å². The molecule has 0 radical (unpaired) electrons. The molecule has 130 valence electrons. The SMILES string of the molecule is CCCCN(CCCC)C(=S)Nc1ccc2c(C)cc(=O)oc2c1. The molecule has 0 saturated heterocycles. The highest BCUT2D eigenvalue weighted by Gasteiger charge is 2.10. The van der Waals surface area contributed by atoms with E-state index in [1.54, 1.807) is 0 Å². The summed E-state index contributed by atoms with van der Waals surface area (Å²) in [5.74, 6) is 0. The first-order valence-electron chi connectivity index (χ1n) is 8.65. The van der Waals surface area contributed by atoms with Gasteiger partial charge in [-0.15, -0.1) is 0 Å². The fraction of sp³-hybridized carbons (Fsp3) is 0.474. The lowest BCUT2D eigenvalue weighted by molar-refractivity contribution is 0.403. The molecule has 0 amide bonds. The molecule has 0 unspecified atom stereocenters. The Bertz CT molecular complexity index is 747. The summed E-state index contributed by atoms with van der Waals surface area (Å²) >= 11 is 5.58. The molecule has 24 heavy (non-hydrogen) atoms. The summed E-state index contributed by atoms with van der Waals surface area (Å²) in [6.07, 6.45) is 4.53. The number of unbranched alkanes of at least 4 members (excludes halogenated alkanes) is 2. The number of nitrogens with one attached hydrogen (secondary N) is 1. The van der Waals surface area contributed by atoms with Crippen molar-refractivity contribution in [3.63, 3.8) is 0 Å². The number of nitrogens with zero attached hydrogens (tertiary/aromatic N) is 1. The lowest BCUT2D eigenvalue weighted by Crippen LogP contribution is -2.36. The van der Waals surface area contributed by atoms with E-state index in [4.69, 9.17) is 16.6 Å². The van der Waals surface area contributed by atoms with E-state index in [1.165, 1.54) is 6.07 Å². The molecule has 0 aliphatic rings. The third-order valence-corrected chi connectivity index (χ3v) is 4.41. The van der Waals surface area contributed by atoms with Crippen LogP contribution >= 0.6 is 12.2 Å². The van der Waals surface area contributed by atoms with E-state index in [-0.39, 0.29) is 5.63 Å². The minimum atomic E-state index is -0.327. The normalized spacial score (nSPS) is 10.8. The van der Waals surface area contributed by atoms with Crippen molar-refractivity contribution >= 4 is 34.0 Å². The molecule has 1 aromatic carbocycles. The van der Waals surface area contributed by atoms with Crippen LogP contribution in [0.15, 0.2) is 33.5 Å². The van der Waals surface area contributed by atoms with E-state index in [0.29, 0.717) is 5.58 Å². The molecular weight excluding hydrogens is 320 g/mol. The van der Waals surface area contributed by atoms with E-state index in [9.17, 15) is 4.79 Å². The van der Waals surface area contributed by atoms with Crippen molar-refractivity contribution in [3.05, 3.63) is 40.2 Å². The second kappa shape index (κ2) is 8.83. The van der Waals surface area contributed by atoms with Gasteiger partial charge in [-0.2, -0.15) is 0 Å². The van der Waals surface area contributed by atoms with E-state index in [0.717, 1.165) is 60.5 Å². The van der Waals surface area contributed by atoms with E-state index >= 15 is 0 Å². The van der Waals surface area contributed by atoms with Gasteiger partial charge in [-0.3, -0.25) is 0 Å². The van der Waals surface area contributed by atoms with Gasteiger partial charge in [0, 0.05) is 36.3 Å². The summed E-state index contributed by atoms with van der Waals surface area (Å²) < 4.78 is 5.30. The number of benzene rings is 1.